The van der Waals surface area contributed by atoms with Crippen molar-refractivity contribution in [2.45, 2.75) is 6.61 Å². The van der Waals surface area contributed by atoms with E-state index in [2.05, 4.69) is 10.6 Å². The summed E-state index contributed by atoms with van der Waals surface area (Å²) in [6, 6.07) is 20.1. The summed E-state index contributed by atoms with van der Waals surface area (Å²) in [5.41, 5.74) is 1.29. The lowest BCUT2D eigenvalue weighted by Gasteiger charge is -2.10. The predicted molar refractivity (Wildman–Crippen MR) is 101 cm³/mol. The Balaban J connectivity index is 1.49. The fourth-order valence-corrected chi connectivity index (χ4v) is 2.42. The molecule has 3 aromatic carbocycles. The Morgan fingerprint density at radius 1 is 0.852 bits per heavy atom. The first-order chi connectivity index (χ1) is 13.1. The van der Waals surface area contributed by atoms with Crippen molar-refractivity contribution in [2.24, 2.45) is 0 Å². The Hall–Kier alpha value is -3.41. The SMILES string of the molecule is O=C(CNc1c(F)cccc1F)Nc1ccc(OCc2ccccc2)cc1. The van der Waals surface area contributed by atoms with Gasteiger partial charge in [-0.2, -0.15) is 0 Å². The molecule has 2 N–H and O–H groups in total. The van der Waals surface area contributed by atoms with Gasteiger partial charge in [-0.25, -0.2) is 8.78 Å². The fraction of sp³-hybridized carbons (Fsp3) is 0.0952. The van der Waals surface area contributed by atoms with Gasteiger partial charge in [-0.3, -0.25) is 4.79 Å². The van der Waals surface area contributed by atoms with Crippen molar-refractivity contribution in [3.63, 3.8) is 0 Å². The number of benzene rings is 3. The number of halogens is 2. The first-order valence-corrected chi connectivity index (χ1v) is 8.36. The molecule has 0 fully saturated rings. The highest BCUT2D eigenvalue weighted by Crippen LogP contribution is 2.19. The molecule has 0 heterocycles. The van der Waals surface area contributed by atoms with Crippen molar-refractivity contribution >= 4 is 17.3 Å². The Bertz CT molecular complexity index is 880. The van der Waals surface area contributed by atoms with Gasteiger partial charge in [-0.05, 0) is 42.0 Å². The zero-order valence-corrected chi connectivity index (χ0v) is 14.4. The monoisotopic (exact) mass is 368 g/mol. The van der Waals surface area contributed by atoms with E-state index < -0.39 is 17.5 Å². The number of carbonyl (C=O) groups excluding carboxylic acids is 1. The highest BCUT2D eigenvalue weighted by molar-refractivity contribution is 5.93. The fourth-order valence-electron chi connectivity index (χ4n) is 2.42. The molecule has 4 nitrogen and oxygen atoms in total. The number of carbonyl (C=O) groups is 1. The number of anilines is 2. The maximum absolute atomic E-state index is 13.5. The molecular weight excluding hydrogens is 350 g/mol. The molecule has 0 aliphatic heterocycles. The molecule has 0 bridgehead atoms. The van der Waals surface area contributed by atoms with E-state index >= 15 is 0 Å². The van der Waals surface area contributed by atoms with E-state index in [1.54, 1.807) is 24.3 Å². The van der Waals surface area contributed by atoms with Crippen LogP contribution in [0.1, 0.15) is 5.56 Å². The van der Waals surface area contributed by atoms with Crippen LogP contribution in [0, 0.1) is 11.6 Å². The van der Waals surface area contributed by atoms with Crippen LogP contribution in [-0.4, -0.2) is 12.5 Å². The second-order valence-corrected chi connectivity index (χ2v) is 5.80. The number of ether oxygens (including phenoxy) is 1. The molecule has 0 aliphatic carbocycles. The van der Waals surface area contributed by atoms with Gasteiger partial charge in [-0.15, -0.1) is 0 Å². The number of amides is 1. The van der Waals surface area contributed by atoms with Crippen LogP contribution in [0.5, 0.6) is 5.75 Å². The van der Waals surface area contributed by atoms with Crippen LogP contribution in [0.15, 0.2) is 72.8 Å². The third-order valence-electron chi connectivity index (χ3n) is 3.77. The minimum Gasteiger partial charge on any atom is -0.489 e. The summed E-state index contributed by atoms with van der Waals surface area (Å²) < 4.78 is 32.7. The molecule has 138 valence electrons. The van der Waals surface area contributed by atoms with Gasteiger partial charge >= 0.3 is 0 Å². The zero-order chi connectivity index (χ0) is 19.1. The summed E-state index contributed by atoms with van der Waals surface area (Å²) in [7, 11) is 0. The molecule has 0 saturated carbocycles. The normalized spacial score (nSPS) is 10.3. The Labute approximate surface area is 155 Å². The average Bonchev–Trinajstić information content (AvgIpc) is 2.68. The molecule has 6 heteroatoms. The highest BCUT2D eigenvalue weighted by atomic mass is 19.1. The quantitative estimate of drug-likeness (QED) is 0.641. The summed E-state index contributed by atoms with van der Waals surface area (Å²) in [5, 5.41) is 5.11. The van der Waals surface area contributed by atoms with Gasteiger partial charge in [0.1, 0.15) is 29.7 Å². The van der Waals surface area contributed by atoms with Crippen LogP contribution in [0.25, 0.3) is 0 Å². The lowest BCUT2D eigenvalue weighted by atomic mass is 10.2. The van der Waals surface area contributed by atoms with E-state index in [-0.39, 0.29) is 12.2 Å². The van der Waals surface area contributed by atoms with Crippen LogP contribution < -0.4 is 15.4 Å². The average molecular weight is 368 g/mol. The summed E-state index contributed by atoms with van der Waals surface area (Å²) in [6.45, 7) is 0.189. The third-order valence-corrected chi connectivity index (χ3v) is 3.77. The molecule has 0 aliphatic rings. The first kappa shape index (κ1) is 18.4. The molecule has 0 spiro atoms. The highest BCUT2D eigenvalue weighted by Gasteiger charge is 2.10. The van der Waals surface area contributed by atoms with E-state index in [1.165, 1.54) is 6.07 Å². The second-order valence-electron chi connectivity index (χ2n) is 5.80. The first-order valence-electron chi connectivity index (χ1n) is 8.36. The number of rotatable bonds is 7. The summed E-state index contributed by atoms with van der Waals surface area (Å²) in [4.78, 5) is 12.0. The lowest BCUT2D eigenvalue weighted by Crippen LogP contribution is -2.22. The standard InChI is InChI=1S/C21H18F2N2O2/c22-18-7-4-8-19(23)21(18)24-13-20(26)25-16-9-11-17(12-10-16)27-14-15-5-2-1-3-6-15/h1-12,24H,13-14H2,(H,25,26). The predicted octanol–water partition coefficient (Wildman–Crippen LogP) is 4.59. The minimum absolute atomic E-state index is 0.260. The van der Waals surface area contributed by atoms with Gasteiger partial charge in [-0.1, -0.05) is 36.4 Å². The molecule has 3 rings (SSSR count). The van der Waals surface area contributed by atoms with Crippen molar-refractivity contribution in [1.29, 1.82) is 0 Å². The minimum atomic E-state index is -0.747. The number of nitrogens with one attached hydrogen (secondary N) is 2. The van der Waals surface area contributed by atoms with Gasteiger partial charge < -0.3 is 15.4 Å². The van der Waals surface area contributed by atoms with Gasteiger partial charge in [0, 0.05) is 5.69 Å². The molecule has 0 aromatic heterocycles. The Morgan fingerprint density at radius 2 is 1.52 bits per heavy atom. The van der Waals surface area contributed by atoms with Crippen molar-refractivity contribution in [3.05, 3.63) is 90.0 Å². The van der Waals surface area contributed by atoms with Crippen LogP contribution in [-0.2, 0) is 11.4 Å². The third kappa shape index (κ3) is 5.28. The van der Waals surface area contributed by atoms with Crippen LogP contribution in [0.4, 0.5) is 20.2 Å². The second kappa shape index (κ2) is 8.80. The van der Waals surface area contributed by atoms with Crippen molar-refractivity contribution < 1.29 is 18.3 Å². The Kier molecular flexibility index (Phi) is 5.99. The molecule has 0 unspecified atom stereocenters. The number of hydrogen-bond acceptors (Lipinski definition) is 3. The smallest absolute Gasteiger partial charge is 0.243 e. The molecule has 0 radical (unpaired) electrons. The largest absolute Gasteiger partial charge is 0.489 e. The molecule has 3 aromatic rings. The van der Waals surface area contributed by atoms with Crippen molar-refractivity contribution in [1.82, 2.24) is 0 Å². The summed E-state index contributed by atoms with van der Waals surface area (Å²) in [6.07, 6.45) is 0. The molecule has 1 amide bonds. The maximum atomic E-state index is 13.5. The van der Waals surface area contributed by atoms with E-state index in [0.29, 0.717) is 18.0 Å². The maximum Gasteiger partial charge on any atom is 0.243 e. The van der Waals surface area contributed by atoms with E-state index in [4.69, 9.17) is 4.74 Å². The molecule has 27 heavy (non-hydrogen) atoms. The van der Waals surface area contributed by atoms with Crippen LogP contribution in [0.2, 0.25) is 0 Å². The van der Waals surface area contributed by atoms with Gasteiger partial charge in [0.2, 0.25) is 5.91 Å². The van der Waals surface area contributed by atoms with Crippen molar-refractivity contribution in [3.8, 4) is 5.75 Å². The van der Waals surface area contributed by atoms with Gasteiger partial charge in [0.25, 0.3) is 0 Å². The topological polar surface area (TPSA) is 50.4 Å². The summed E-state index contributed by atoms with van der Waals surface area (Å²) in [5.74, 6) is -1.25. The van der Waals surface area contributed by atoms with Crippen LogP contribution in [0.3, 0.4) is 0 Å². The van der Waals surface area contributed by atoms with Crippen molar-refractivity contribution in [2.75, 3.05) is 17.2 Å². The number of hydrogen-bond donors (Lipinski definition) is 2. The van der Waals surface area contributed by atoms with E-state index in [0.717, 1.165) is 17.7 Å². The molecule has 0 atom stereocenters. The molecular formula is C21H18F2N2O2. The van der Waals surface area contributed by atoms with Gasteiger partial charge in [0.15, 0.2) is 0 Å². The van der Waals surface area contributed by atoms with E-state index in [1.807, 2.05) is 30.3 Å². The Morgan fingerprint density at radius 3 is 2.19 bits per heavy atom. The zero-order valence-electron chi connectivity index (χ0n) is 14.4. The van der Waals surface area contributed by atoms with Crippen LogP contribution >= 0.6 is 0 Å². The lowest BCUT2D eigenvalue weighted by molar-refractivity contribution is -0.114. The van der Waals surface area contributed by atoms with Gasteiger partial charge in [0.05, 0.1) is 6.54 Å². The summed E-state index contributed by atoms with van der Waals surface area (Å²) >= 11 is 0. The number of para-hydroxylation sites is 1. The van der Waals surface area contributed by atoms with E-state index in [9.17, 15) is 13.6 Å². The molecule has 0 saturated heterocycles.